The van der Waals surface area contributed by atoms with E-state index in [1.807, 2.05) is 6.07 Å². The summed E-state index contributed by atoms with van der Waals surface area (Å²) in [6.45, 7) is 0. The van der Waals surface area contributed by atoms with Crippen LogP contribution in [0.15, 0.2) is 58.3 Å². The van der Waals surface area contributed by atoms with Gasteiger partial charge in [0.1, 0.15) is 0 Å². The molecule has 0 bridgehead atoms. The van der Waals surface area contributed by atoms with Crippen LogP contribution < -0.4 is 0 Å². The third-order valence-corrected chi connectivity index (χ3v) is 3.50. The Morgan fingerprint density at radius 1 is 1.00 bits per heavy atom. The van der Waals surface area contributed by atoms with Crippen molar-refractivity contribution in [2.75, 3.05) is 0 Å². The third kappa shape index (κ3) is 3.33. The van der Waals surface area contributed by atoms with Crippen molar-refractivity contribution in [3.05, 3.63) is 59.7 Å². The van der Waals surface area contributed by atoms with E-state index in [2.05, 4.69) is 0 Å². The maximum atomic E-state index is 12.7. The first-order valence-electron chi connectivity index (χ1n) is 5.55. The van der Waals surface area contributed by atoms with Crippen molar-refractivity contribution < 1.29 is 23.1 Å². The highest BCUT2D eigenvalue weighted by Gasteiger charge is 2.35. The Hall–Kier alpha value is -1.95. The molecule has 1 N–H and O–H groups in total. The molecule has 6 heteroatoms. The number of rotatable bonds is 3. The fraction of sp³-hybridized carbons (Fsp3) is 0.0714. The molecule has 0 saturated carbocycles. The van der Waals surface area contributed by atoms with Crippen molar-refractivity contribution >= 4 is 17.7 Å². The number of carboxylic acid groups (broad SMARTS) is 1. The Morgan fingerprint density at radius 3 is 2.20 bits per heavy atom. The van der Waals surface area contributed by atoms with Gasteiger partial charge in [0.2, 0.25) is 0 Å². The fourth-order valence-electron chi connectivity index (χ4n) is 1.64. The van der Waals surface area contributed by atoms with E-state index in [1.165, 1.54) is 17.8 Å². The number of hydrogen-bond acceptors (Lipinski definition) is 2. The van der Waals surface area contributed by atoms with Crippen LogP contribution in [0.1, 0.15) is 15.9 Å². The van der Waals surface area contributed by atoms with Gasteiger partial charge >= 0.3 is 12.1 Å². The summed E-state index contributed by atoms with van der Waals surface area (Å²) in [7, 11) is 0. The molecule has 0 saturated heterocycles. The maximum absolute atomic E-state index is 12.7. The second-order valence-corrected chi connectivity index (χ2v) is 5.07. The summed E-state index contributed by atoms with van der Waals surface area (Å²) < 4.78 is 38.1. The first-order valence-corrected chi connectivity index (χ1v) is 6.37. The predicted octanol–water partition coefficient (Wildman–Crippen LogP) is 4.55. The zero-order valence-electron chi connectivity index (χ0n) is 10.0. The molecule has 0 heterocycles. The Labute approximate surface area is 117 Å². The van der Waals surface area contributed by atoms with Crippen molar-refractivity contribution in [2.24, 2.45) is 0 Å². The van der Waals surface area contributed by atoms with Crippen molar-refractivity contribution in [1.82, 2.24) is 0 Å². The normalized spacial score (nSPS) is 11.3. The average Bonchev–Trinajstić information content (AvgIpc) is 2.38. The lowest BCUT2D eigenvalue weighted by Crippen LogP contribution is -2.12. The molecular formula is C14H9F3O2S. The smallest absolute Gasteiger partial charge is 0.417 e. The standard InChI is InChI=1S/C14H9F3O2S/c15-14(16,17)12-7-6-10(8-11(12)13(18)19)20-9-4-2-1-3-5-9/h1-8H,(H,18,19). The van der Waals surface area contributed by atoms with Gasteiger partial charge in [-0.15, -0.1) is 0 Å². The van der Waals surface area contributed by atoms with Gasteiger partial charge in [-0.25, -0.2) is 4.79 Å². The van der Waals surface area contributed by atoms with E-state index in [9.17, 15) is 18.0 Å². The van der Waals surface area contributed by atoms with Gasteiger partial charge in [0.25, 0.3) is 0 Å². The zero-order valence-corrected chi connectivity index (χ0v) is 10.8. The molecule has 2 nitrogen and oxygen atoms in total. The largest absolute Gasteiger partial charge is 0.478 e. The second-order valence-electron chi connectivity index (χ2n) is 3.93. The molecule has 0 unspecified atom stereocenters. The predicted molar refractivity (Wildman–Crippen MR) is 69.0 cm³/mol. The molecule has 0 atom stereocenters. The lowest BCUT2D eigenvalue weighted by Gasteiger charge is -2.11. The molecule has 104 valence electrons. The van der Waals surface area contributed by atoms with Gasteiger partial charge in [-0.3, -0.25) is 0 Å². The molecule has 2 rings (SSSR count). The van der Waals surface area contributed by atoms with Gasteiger partial charge in [0.05, 0.1) is 11.1 Å². The van der Waals surface area contributed by atoms with E-state index in [-0.39, 0.29) is 0 Å². The summed E-state index contributed by atoms with van der Waals surface area (Å²) in [5.74, 6) is -1.59. The van der Waals surface area contributed by atoms with Crippen molar-refractivity contribution in [3.63, 3.8) is 0 Å². The number of benzene rings is 2. The highest BCUT2D eigenvalue weighted by molar-refractivity contribution is 7.99. The fourth-order valence-corrected chi connectivity index (χ4v) is 2.51. The van der Waals surface area contributed by atoms with Gasteiger partial charge < -0.3 is 5.11 Å². The summed E-state index contributed by atoms with van der Waals surface area (Å²) >= 11 is 1.21. The Kier molecular flexibility index (Phi) is 4.04. The van der Waals surface area contributed by atoms with E-state index in [4.69, 9.17) is 5.11 Å². The molecule has 0 fully saturated rings. The molecule has 20 heavy (non-hydrogen) atoms. The monoisotopic (exact) mass is 298 g/mol. The molecule has 0 aliphatic carbocycles. The molecular weight excluding hydrogens is 289 g/mol. The number of hydrogen-bond donors (Lipinski definition) is 1. The summed E-state index contributed by atoms with van der Waals surface area (Å²) in [6, 6.07) is 12.1. The molecule has 0 aliphatic heterocycles. The first kappa shape index (κ1) is 14.5. The summed E-state index contributed by atoms with van der Waals surface area (Å²) in [4.78, 5) is 12.2. The van der Waals surface area contributed by atoms with Crippen LogP contribution in [-0.4, -0.2) is 11.1 Å². The van der Waals surface area contributed by atoms with Gasteiger partial charge in [-0.05, 0) is 30.3 Å². The van der Waals surface area contributed by atoms with Gasteiger partial charge in [-0.2, -0.15) is 13.2 Å². The van der Waals surface area contributed by atoms with Crippen molar-refractivity contribution in [1.29, 1.82) is 0 Å². The Bertz CT molecular complexity index is 624. The van der Waals surface area contributed by atoms with E-state index >= 15 is 0 Å². The lowest BCUT2D eigenvalue weighted by molar-refractivity contribution is -0.138. The van der Waals surface area contributed by atoms with Crippen LogP contribution in [-0.2, 0) is 6.18 Å². The van der Waals surface area contributed by atoms with Crippen molar-refractivity contribution in [3.8, 4) is 0 Å². The van der Waals surface area contributed by atoms with E-state index in [0.29, 0.717) is 4.90 Å². The van der Waals surface area contributed by atoms with Gasteiger partial charge in [0.15, 0.2) is 0 Å². The Balaban J connectivity index is 2.38. The molecule has 0 amide bonds. The number of alkyl halides is 3. The van der Waals surface area contributed by atoms with Crippen LogP contribution in [0.3, 0.4) is 0 Å². The van der Waals surface area contributed by atoms with Crippen LogP contribution in [0.25, 0.3) is 0 Å². The first-order chi connectivity index (χ1) is 9.38. The van der Waals surface area contributed by atoms with E-state index in [0.717, 1.165) is 17.0 Å². The zero-order chi connectivity index (χ0) is 14.8. The molecule has 2 aromatic carbocycles. The SMILES string of the molecule is O=C(O)c1cc(Sc2ccccc2)ccc1C(F)(F)F. The summed E-state index contributed by atoms with van der Waals surface area (Å²) in [6.07, 6.45) is -4.68. The molecule has 0 aliphatic rings. The molecule has 2 aromatic rings. The van der Waals surface area contributed by atoms with E-state index in [1.54, 1.807) is 24.3 Å². The lowest BCUT2D eigenvalue weighted by atomic mass is 10.1. The minimum absolute atomic E-state index is 0.446. The quantitative estimate of drug-likeness (QED) is 0.903. The van der Waals surface area contributed by atoms with Crippen LogP contribution in [0, 0.1) is 0 Å². The Morgan fingerprint density at radius 2 is 1.65 bits per heavy atom. The number of halogens is 3. The van der Waals surface area contributed by atoms with Gasteiger partial charge in [0, 0.05) is 9.79 Å². The van der Waals surface area contributed by atoms with Crippen LogP contribution in [0.2, 0.25) is 0 Å². The second kappa shape index (κ2) is 5.58. The van der Waals surface area contributed by atoms with Gasteiger partial charge in [-0.1, -0.05) is 30.0 Å². The van der Waals surface area contributed by atoms with Crippen LogP contribution in [0.4, 0.5) is 13.2 Å². The number of aromatic carboxylic acids is 1. The topological polar surface area (TPSA) is 37.3 Å². The van der Waals surface area contributed by atoms with Crippen molar-refractivity contribution in [2.45, 2.75) is 16.0 Å². The highest BCUT2D eigenvalue weighted by Crippen LogP contribution is 2.35. The summed E-state index contributed by atoms with van der Waals surface area (Å²) in [5.41, 5.74) is -1.87. The van der Waals surface area contributed by atoms with Crippen LogP contribution in [0.5, 0.6) is 0 Å². The van der Waals surface area contributed by atoms with E-state index < -0.39 is 23.3 Å². The number of carbonyl (C=O) groups is 1. The highest BCUT2D eigenvalue weighted by atomic mass is 32.2. The third-order valence-electron chi connectivity index (χ3n) is 2.51. The molecule has 0 spiro atoms. The maximum Gasteiger partial charge on any atom is 0.417 e. The molecule has 0 radical (unpaired) electrons. The minimum atomic E-state index is -4.68. The average molecular weight is 298 g/mol. The summed E-state index contributed by atoms with van der Waals surface area (Å²) in [5, 5.41) is 8.91. The number of carboxylic acids is 1. The minimum Gasteiger partial charge on any atom is -0.478 e. The van der Waals surface area contributed by atoms with Crippen LogP contribution >= 0.6 is 11.8 Å². The molecule has 0 aromatic heterocycles.